The topological polar surface area (TPSA) is 110 Å². The molecule has 106 valence electrons. The van der Waals surface area contributed by atoms with Gasteiger partial charge in [-0.25, -0.2) is 17.6 Å². The van der Waals surface area contributed by atoms with Crippen LogP contribution in [0.1, 0.15) is 15.9 Å². The minimum Gasteiger partial charge on any atom is -0.478 e. The van der Waals surface area contributed by atoms with Gasteiger partial charge in [0, 0.05) is 5.56 Å². The Bertz CT molecular complexity index is 755. The van der Waals surface area contributed by atoms with Gasteiger partial charge in [0.2, 0.25) is 0 Å². The molecule has 0 bridgehead atoms. The van der Waals surface area contributed by atoms with Crippen molar-refractivity contribution in [1.29, 1.82) is 0 Å². The standard InChI is InChI=1S/C11H9FN2O5S/c1-6-9(12)2-7(11(15)16)3-10(6)20(17,18)14-8-4-13-19-5-8/h2-5,14H,1H3,(H,15,16). The summed E-state index contributed by atoms with van der Waals surface area (Å²) in [6.45, 7) is 1.24. The normalized spacial score (nSPS) is 11.3. The van der Waals surface area contributed by atoms with E-state index >= 15 is 0 Å². The molecule has 0 amide bonds. The summed E-state index contributed by atoms with van der Waals surface area (Å²) in [5.74, 6) is -2.35. The van der Waals surface area contributed by atoms with Gasteiger partial charge in [0.15, 0.2) is 0 Å². The summed E-state index contributed by atoms with van der Waals surface area (Å²) in [5, 5.41) is 12.2. The van der Waals surface area contributed by atoms with Crippen LogP contribution in [0.2, 0.25) is 0 Å². The summed E-state index contributed by atoms with van der Waals surface area (Å²) < 4.78 is 44.4. The Hall–Kier alpha value is -2.42. The van der Waals surface area contributed by atoms with Crippen LogP contribution in [-0.4, -0.2) is 24.7 Å². The molecular weight excluding hydrogens is 291 g/mol. The number of carbonyl (C=O) groups is 1. The summed E-state index contributed by atoms with van der Waals surface area (Å²) >= 11 is 0. The fourth-order valence-corrected chi connectivity index (χ4v) is 2.83. The zero-order valence-electron chi connectivity index (χ0n) is 10.1. The van der Waals surface area contributed by atoms with Crippen molar-refractivity contribution in [1.82, 2.24) is 5.16 Å². The highest BCUT2D eigenvalue weighted by Crippen LogP contribution is 2.23. The second kappa shape index (κ2) is 4.93. The number of carboxylic acids is 1. The molecule has 0 fully saturated rings. The Morgan fingerprint density at radius 2 is 2.15 bits per heavy atom. The van der Waals surface area contributed by atoms with Crippen molar-refractivity contribution in [3.63, 3.8) is 0 Å². The number of hydrogen-bond donors (Lipinski definition) is 2. The Labute approximate surface area is 113 Å². The number of rotatable bonds is 4. The number of nitrogens with zero attached hydrogens (tertiary/aromatic N) is 1. The molecule has 1 heterocycles. The Kier molecular flexibility index (Phi) is 3.45. The molecule has 0 atom stereocenters. The third-order valence-corrected chi connectivity index (χ3v) is 4.03. The van der Waals surface area contributed by atoms with E-state index in [2.05, 4.69) is 14.4 Å². The van der Waals surface area contributed by atoms with Gasteiger partial charge in [-0.1, -0.05) is 5.16 Å². The quantitative estimate of drug-likeness (QED) is 0.888. The number of carboxylic acid groups (broad SMARTS) is 1. The number of sulfonamides is 1. The Morgan fingerprint density at radius 1 is 1.45 bits per heavy atom. The number of nitrogens with one attached hydrogen (secondary N) is 1. The highest BCUT2D eigenvalue weighted by molar-refractivity contribution is 7.92. The molecule has 0 aliphatic heterocycles. The van der Waals surface area contributed by atoms with Gasteiger partial charge in [-0.15, -0.1) is 0 Å². The second-order valence-electron chi connectivity index (χ2n) is 3.90. The highest BCUT2D eigenvalue weighted by atomic mass is 32.2. The minimum atomic E-state index is -4.15. The molecule has 2 aromatic rings. The monoisotopic (exact) mass is 300 g/mol. The molecule has 0 saturated carbocycles. The van der Waals surface area contributed by atoms with E-state index < -0.39 is 32.3 Å². The van der Waals surface area contributed by atoms with E-state index in [1.54, 1.807) is 0 Å². The lowest BCUT2D eigenvalue weighted by Crippen LogP contribution is -2.15. The van der Waals surface area contributed by atoms with E-state index in [1.807, 2.05) is 0 Å². The average molecular weight is 300 g/mol. The number of aromatic nitrogens is 1. The molecule has 0 unspecified atom stereocenters. The maximum absolute atomic E-state index is 13.6. The summed E-state index contributed by atoms with van der Waals surface area (Å²) in [6.07, 6.45) is 2.16. The maximum Gasteiger partial charge on any atom is 0.335 e. The lowest BCUT2D eigenvalue weighted by molar-refractivity contribution is 0.0696. The van der Waals surface area contributed by atoms with Crippen LogP contribution in [-0.2, 0) is 10.0 Å². The summed E-state index contributed by atoms with van der Waals surface area (Å²) in [6, 6.07) is 1.65. The molecule has 0 saturated heterocycles. The van der Waals surface area contributed by atoms with Gasteiger partial charge in [-0.05, 0) is 19.1 Å². The zero-order chi connectivity index (χ0) is 14.9. The van der Waals surface area contributed by atoms with Gasteiger partial charge in [0.05, 0.1) is 16.7 Å². The van der Waals surface area contributed by atoms with Gasteiger partial charge < -0.3 is 9.63 Å². The first kappa shape index (κ1) is 14.0. The van der Waals surface area contributed by atoms with Gasteiger partial charge in [-0.2, -0.15) is 0 Å². The van der Waals surface area contributed by atoms with Crippen LogP contribution < -0.4 is 4.72 Å². The van der Waals surface area contributed by atoms with Crippen molar-refractivity contribution in [2.24, 2.45) is 0 Å². The first-order chi connectivity index (χ1) is 9.31. The van der Waals surface area contributed by atoms with Crippen LogP contribution in [0.15, 0.2) is 34.0 Å². The predicted octanol–water partition coefficient (Wildman–Crippen LogP) is 1.62. The molecule has 2 rings (SSSR count). The first-order valence-corrected chi connectivity index (χ1v) is 6.75. The van der Waals surface area contributed by atoms with Crippen molar-refractivity contribution in [3.05, 3.63) is 41.5 Å². The molecule has 0 aliphatic carbocycles. The van der Waals surface area contributed by atoms with E-state index in [4.69, 9.17) is 5.11 Å². The van der Waals surface area contributed by atoms with E-state index in [1.165, 1.54) is 6.92 Å². The number of aromatic carboxylic acids is 1. The van der Waals surface area contributed by atoms with Gasteiger partial charge in [0.25, 0.3) is 10.0 Å². The Balaban J connectivity index is 2.53. The fraction of sp³-hybridized carbons (Fsp3) is 0.0909. The maximum atomic E-state index is 13.6. The molecule has 20 heavy (non-hydrogen) atoms. The van der Waals surface area contributed by atoms with E-state index in [9.17, 15) is 17.6 Å². The van der Waals surface area contributed by atoms with Crippen LogP contribution in [0.4, 0.5) is 10.1 Å². The smallest absolute Gasteiger partial charge is 0.335 e. The third kappa shape index (κ3) is 2.62. The van der Waals surface area contributed by atoms with Crippen LogP contribution in [0, 0.1) is 12.7 Å². The molecule has 9 heteroatoms. The summed E-state index contributed by atoms with van der Waals surface area (Å²) in [7, 11) is -4.15. The summed E-state index contributed by atoms with van der Waals surface area (Å²) in [5.41, 5.74) is -0.594. The number of hydrogen-bond acceptors (Lipinski definition) is 5. The first-order valence-electron chi connectivity index (χ1n) is 5.27. The van der Waals surface area contributed by atoms with Crippen LogP contribution in [0.5, 0.6) is 0 Å². The van der Waals surface area contributed by atoms with E-state index in [0.717, 1.165) is 24.6 Å². The molecule has 0 spiro atoms. The third-order valence-electron chi connectivity index (χ3n) is 2.52. The predicted molar refractivity (Wildman–Crippen MR) is 65.4 cm³/mol. The number of benzene rings is 1. The zero-order valence-corrected chi connectivity index (χ0v) is 10.9. The van der Waals surface area contributed by atoms with Crippen LogP contribution in [0.3, 0.4) is 0 Å². The molecule has 1 aromatic carbocycles. The SMILES string of the molecule is Cc1c(F)cc(C(=O)O)cc1S(=O)(=O)Nc1cnoc1. The highest BCUT2D eigenvalue weighted by Gasteiger charge is 2.22. The molecular formula is C11H9FN2O5S. The lowest BCUT2D eigenvalue weighted by atomic mass is 10.1. The largest absolute Gasteiger partial charge is 0.478 e. The second-order valence-corrected chi connectivity index (χ2v) is 5.56. The van der Waals surface area contributed by atoms with Gasteiger partial charge >= 0.3 is 5.97 Å². The van der Waals surface area contributed by atoms with E-state index in [-0.39, 0.29) is 11.3 Å². The minimum absolute atomic E-state index is 0.0468. The van der Waals surface area contributed by atoms with Gasteiger partial charge in [0.1, 0.15) is 17.8 Å². The van der Waals surface area contributed by atoms with Crippen molar-refractivity contribution in [2.75, 3.05) is 4.72 Å². The van der Waals surface area contributed by atoms with Crippen molar-refractivity contribution in [3.8, 4) is 0 Å². The van der Waals surface area contributed by atoms with Crippen LogP contribution >= 0.6 is 0 Å². The Morgan fingerprint density at radius 3 is 2.70 bits per heavy atom. The summed E-state index contributed by atoms with van der Waals surface area (Å²) in [4.78, 5) is 10.4. The van der Waals surface area contributed by atoms with E-state index in [0.29, 0.717) is 0 Å². The number of halogens is 1. The molecule has 7 nitrogen and oxygen atoms in total. The lowest BCUT2D eigenvalue weighted by Gasteiger charge is -2.10. The molecule has 0 aliphatic rings. The number of anilines is 1. The molecule has 1 aromatic heterocycles. The van der Waals surface area contributed by atoms with Crippen molar-refractivity contribution >= 4 is 21.7 Å². The van der Waals surface area contributed by atoms with Crippen LogP contribution in [0.25, 0.3) is 0 Å². The molecule has 0 radical (unpaired) electrons. The van der Waals surface area contributed by atoms with Crippen molar-refractivity contribution < 1.29 is 27.2 Å². The average Bonchev–Trinajstić information content (AvgIpc) is 2.83. The van der Waals surface area contributed by atoms with Crippen molar-refractivity contribution in [2.45, 2.75) is 11.8 Å². The molecule has 2 N–H and O–H groups in total. The fourth-order valence-electron chi connectivity index (χ4n) is 1.52. The van der Waals surface area contributed by atoms with Gasteiger partial charge in [-0.3, -0.25) is 4.72 Å².